The largest absolute Gasteiger partial charge is 0.207 e. The van der Waals surface area contributed by atoms with Crippen LogP contribution in [-0.4, -0.2) is 0 Å². The van der Waals surface area contributed by atoms with Crippen molar-refractivity contribution in [3.63, 3.8) is 0 Å². The lowest BCUT2D eigenvalue weighted by molar-refractivity contribution is 0.574. The third-order valence-corrected chi connectivity index (χ3v) is 1.78. The lowest BCUT2D eigenvalue weighted by Gasteiger charge is -2.02. The first-order valence-corrected chi connectivity index (χ1v) is 3.69. The van der Waals surface area contributed by atoms with Gasteiger partial charge >= 0.3 is 0 Å². The van der Waals surface area contributed by atoms with Crippen molar-refractivity contribution in [2.24, 2.45) is 0 Å². The number of benzene rings is 1. The minimum absolute atomic E-state index is 0.0813. The Morgan fingerprint density at radius 1 is 1.36 bits per heavy atom. The molecule has 0 aliphatic rings. The zero-order valence-corrected chi connectivity index (χ0v) is 6.75. The average Bonchev–Trinajstić information content (AvgIpc) is 1.85. The van der Waals surface area contributed by atoms with Gasteiger partial charge in [-0.3, -0.25) is 0 Å². The summed E-state index contributed by atoms with van der Waals surface area (Å²) in [4.78, 5) is 0. The number of rotatable bonds is 1. The molecule has 60 valence electrons. The van der Waals surface area contributed by atoms with Crippen LogP contribution < -0.4 is 0 Å². The molecule has 0 radical (unpaired) electrons. The zero-order chi connectivity index (χ0) is 8.43. The van der Waals surface area contributed by atoms with Gasteiger partial charge in [0.2, 0.25) is 0 Å². The third-order valence-electron chi connectivity index (χ3n) is 1.52. The highest BCUT2D eigenvalue weighted by Crippen LogP contribution is 2.16. The summed E-state index contributed by atoms with van der Waals surface area (Å²) < 4.78 is 25.2. The van der Waals surface area contributed by atoms with Crippen molar-refractivity contribution in [2.45, 2.75) is 12.8 Å². The van der Waals surface area contributed by atoms with Crippen molar-refractivity contribution in [1.29, 1.82) is 0 Å². The Kier molecular flexibility index (Phi) is 2.45. The third kappa shape index (κ3) is 1.69. The quantitative estimate of drug-likeness (QED) is 0.577. The van der Waals surface area contributed by atoms with Crippen LogP contribution in [-0.2, 0) is 5.88 Å². The second-order valence-corrected chi connectivity index (χ2v) is 2.58. The highest BCUT2D eigenvalue weighted by atomic mass is 35.5. The molecule has 0 spiro atoms. The molecule has 0 atom stereocenters. The fourth-order valence-electron chi connectivity index (χ4n) is 0.901. The Labute approximate surface area is 68.8 Å². The Morgan fingerprint density at radius 3 is 2.45 bits per heavy atom. The molecule has 3 heteroatoms. The molecular weight excluding hydrogens is 170 g/mol. The molecule has 1 aromatic carbocycles. The summed E-state index contributed by atoms with van der Waals surface area (Å²) in [6.45, 7) is 1.63. The molecule has 0 bridgehead atoms. The van der Waals surface area contributed by atoms with E-state index in [0.29, 0.717) is 11.1 Å². The van der Waals surface area contributed by atoms with Crippen molar-refractivity contribution < 1.29 is 8.78 Å². The van der Waals surface area contributed by atoms with Crippen LogP contribution in [0.2, 0.25) is 0 Å². The van der Waals surface area contributed by atoms with Gasteiger partial charge in [-0.25, -0.2) is 8.78 Å². The van der Waals surface area contributed by atoms with Gasteiger partial charge in [0.1, 0.15) is 11.6 Å². The second kappa shape index (κ2) is 3.18. The topological polar surface area (TPSA) is 0 Å². The molecule has 11 heavy (non-hydrogen) atoms. The zero-order valence-electron chi connectivity index (χ0n) is 6.00. The van der Waals surface area contributed by atoms with Crippen LogP contribution in [0.4, 0.5) is 8.78 Å². The maximum absolute atomic E-state index is 12.8. The van der Waals surface area contributed by atoms with E-state index < -0.39 is 11.6 Å². The van der Waals surface area contributed by atoms with Crippen LogP contribution >= 0.6 is 11.6 Å². The molecule has 0 aromatic heterocycles. The maximum atomic E-state index is 12.8. The van der Waals surface area contributed by atoms with E-state index in [9.17, 15) is 8.78 Å². The SMILES string of the molecule is Cc1cc(F)cc(F)c1CCl. The normalized spacial score (nSPS) is 10.2. The van der Waals surface area contributed by atoms with Crippen LogP contribution in [0.15, 0.2) is 12.1 Å². The van der Waals surface area contributed by atoms with E-state index in [2.05, 4.69) is 0 Å². The van der Waals surface area contributed by atoms with Crippen molar-refractivity contribution in [3.05, 3.63) is 34.9 Å². The number of alkyl halides is 1. The van der Waals surface area contributed by atoms with Gasteiger partial charge in [0.05, 0.1) is 5.88 Å². The van der Waals surface area contributed by atoms with E-state index in [0.717, 1.165) is 6.07 Å². The molecule has 0 saturated carbocycles. The van der Waals surface area contributed by atoms with E-state index in [-0.39, 0.29) is 5.88 Å². The standard InChI is InChI=1S/C8H7ClF2/c1-5-2-6(10)3-8(11)7(5)4-9/h2-3H,4H2,1H3. The fraction of sp³-hybridized carbons (Fsp3) is 0.250. The monoisotopic (exact) mass is 176 g/mol. The predicted molar refractivity (Wildman–Crippen MR) is 40.7 cm³/mol. The van der Waals surface area contributed by atoms with Crippen molar-refractivity contribution in [2.75, 3.05) is 0 Å². The van der Waals surface area contributed by atoms with E-state index >= 15 is 0 Å². The summed E-state index contributed by atoms with van der Waals surface area (Å²) in [5, 5.41) is 0. The molecule has 0 aliphatic carbocycles. The van der Waals surface area contributed by atoms with Crippen LogP contribution in [0.3, 0.4) is 0 Å². The molecule has 1 rings (SSSR count). The number of hydrogen-bond acceptors (Lipinski definition) is 0. The molecule has 1 aromatic rings. The van der Waals surface area contributed by atoms with E-state index in [1.165, 1.54) is 6.07 Å². The Bertz CT molecular complexity index is 248. The Hall–Kier alpha value is -0.630. The van der Waals surface area contributed by atoms with Gasteiger partial charge in [-0.05, 0) is 18.6 Å². The van der Waals surface area contributed by atoms with E-state index in [4.69, 9.17) is 11.6 Å². The molecule has 0 amide bonds. The van der Waals surface area contributed by atoms with Gasteiger partial charge in [0, 0.05) is 11.6 Å². The lowest BCUT2D eigenvalue weighted by atomic mass is 10.1. The Morgan fingerprint density at radius 2 is 2.00 bits per heavy atom. The first-order valence-electron chi connectivity index (χ1n) is 3.15. The van der Waals surface area contributed by atoms with Crippen LogP contribution in [0.5, 0.6) is 0 Å². The molecule has 0 N–H and O–H groups in total. The number of hydrogen-bond donors (Lipinski definition) is 0. The molecule has 0 fully saturated rings. The van der Waals surface area contributed by atoms with Gasteiger partial charge < -0.3 is 0 Å². The minimum atomic E-state index is -0.572. The molecule has 0 unspecified atom stereocenters. The minimum Gasteiger partial charge on any atom is -0.207 e. The smallest absolute Gasteiger partial charge is 0.130 e. The van der Waals surface area contributed by atoms with Gasteiger partial charge in [-0.15, -0.1) is 11.6 Å². The van der Waals surface area contributed by atoms with Crippen molar-refractivity contribution >= 4 is 11.6 Å². The molecule has 0 aliphatic heterocycles. The van der Waals surface area contributed by atoms with Gasteiger partial charge in [-0.2, -0.15) is 0 Å². The van der Waals surface area contributed by atoms with E-state index in [1.54, 1.807) is 6.92 Å². The number of aryl methyl sites for hydroxylation is 1. The van der Waals surface area contributed by atoms with E-state index in [1.807, 2.05) is 0 Å². The van der Waals surface area contributed by atoms with Crippen molar-refractivity contribution in [1.82, 2.24) is 0 Å². The summed E-state index contributed by atoms with van der Waals surface area (Å²) in [7, 11) is 0. The Balaban J connectivity index is 3.25. The summed E-state index contributed by atoms with van der Waals surface area (Å²) in [5.74, 6) is -1.05. The van der Waals surface area contributed by atoms with Gasteiger partial charge in [0.25, 0.3) is 0 Å². The molecular formula is C8H7ClF2. The molecule has 0 heterocycles. The van der Waals surface area contributed by atoms with Crippen LogP contribution in [0, 0.1) is 18.6 Å². The second-order valence-electron chi connectivity index (χ2n) is 2.32. The summed E-state index contributed by atoms with van der Waals surface area (Å²) >= 11 is 5.43. The van der Waals surface area contributed by atoms with Crippen LogP contribution in [0.25, 0.3) is 0 Å². The summed E-state index contributed by atoms with van der Waals surface area (Å²) in [6, 6.07) is 2.10. The predicted octanol–water partition coefficient (Wildman–Crippen LogP) is 3.01. The average molecular weight is 177 g/mol. The first-order chi connectivity index (χ1) is 5.15. The highest BCUT2D eigenvalue weighted by molar-refractivity contribution is 6.17. The van der Waals surface area contributed by atoms with Gasteiger partial charge in [0.15, 0.2) is 0 Å². The maximum Gasteiger partial charge on any atom is 0.130 e. The van der Waals surface area contributed by atoms with Crippen molar-refractivity contribution in [3.8, 4) is 0 Å². The van der Waals surface area contributed by atoms with Crippen LogP contribution in [0.1, 0.15) is 11.1 Å². The lowest BCUT2D eigenvalue weighted by Crippen LogP contribution is -1.92. The van der Waals surface area contributed by atoms with Gasteiger partial charge in [-0.1, -0.05) is 0 Å². The molecule has 0 nitrogen and oxygen atoms in total. The highest BCUT2D eigenvalue weighted by Gasteiger charge is 2.05. The number of halogens is 3. The summed E-state index contributed by atoms with van der Waals surface area (Å²) in [5.41, 5.74) is 0.922. The fourth-order valence-corrected chi connectivity index (χ4v) is 1.24. The first kappa shape index (κ1) is 8.47. The molecule has 0 saturated heterocycles. The summed E-state index contributed by atoms with van der Waals surface area (Å²) in [6.07, 6.45) is 0.